The second-order valence-electron chi connectivity index (χ2n) is 5.15. The summed E-state index contributed by atoms with van der Waals surface area (Å²) >= 11 is 0. The van der Waals surface area contributed by atoms with Crippen LogP contribution in [0.25, 0.3) is 0 Å². The van der Waals surface area contributed by atoms with Crippen LogP contribution in [0.1, 0.15) is 50.9 Å². The minimum Gasteiger partial charge on any atom is -0.294 e. The molecule has 0 unspecified atom stereocenters. The molecule has 1 heterocycles. The summed E-state index contributed by atoms with van der Waals surface area (Å²) in [4.78, 5) is 11.8. The van der Waals surface area contributed by atoms with Gasteiger partial charge in [0.25, 0.3) is 0 Å². The van der Waals surface area contributed by atoms with Crippen LogP contribution in [0, 0.1) is 5.41 Å². The van der Waals surface area contributed by atoms with Crippen LogP contribution in [0.15, 0.2) is 12.4 Å². The van der Waals surface area contributed by atoms with Crippen molar-refractivity contribution >= 4 is 5.78 Å². The first-order valence-electron chi connectivity index (χ1n) is 5.48. The third-order valence-corrected chi connectivity index (χ3v) is 2.10. The van der Waals surface area contributed by atoms with E-state index in [0.717, 1.165) is 18.5 Å². The van der Waals surface area contributed by atoms with E-state index in [1.165, 1.54) is 0 Å². The Labute approximate surface area is 91.5 Å². The highest BCUT2D eigenvalue weighted by molar-refractivity contribution is 5.95. The highest BCUT2D eigenvalue weighted by Crippen LogP contribution is 2.21. The summed E-state index contributed by atoms with van der Waals surface area (Å²) < 4.78 is 1.83. The van der Waals surface area contributed by atoms with Crippen LogP contribution in [0.2, 0.25) is 0 Å². The van der Waals surface area contributed by atoms with E-state index in [-0.39, 0.29) is 11.2 Å². The maximum Gasteiger partial charge on any atom is 0.166 e. The summed E-state index contributed by atoms with van der Waals surface area (Å²) in [5.41, 5.74) is 0.780. The van der Waals surface area contributed by atoms with Crippen molar-refractivity contribution in [3.63, 3.8) is 0 Å². The van der Waals surface area contributed by atoms with Gasteiger partial charge in [0, 0.05) is 19.2 Å². The Morgan fingerprint density at radius 3 is 2.67 bits per heavy atom. The molecular weight excluding hydrogens is 188 g/mol. The van der Waals surface area contributed by atoms with E-state index in [4.69, 9.17) is 0 Å². The molecule has 0 amide bonds. The first kappa shape index (κ1) is 12.0. The molecule has 3 heteroatoms. The molecule has 0 fully saturated rings. The first-order chi connectivity index (χ1) is 6.92. The van der Waals surface area contributed by atoms with E-state index in [1.807, 2.05) is 10.9 Å². The lowest BCUT2D eigenvalue weighted by Crippen LogP contribution is -2.12. The Balaban J connectivity index is 2.66. The Bertz CT molecular complexity index is 334. The maximum absolute atomic E-state index is 11.8. The number of rotatable bonds is 4. The van der Waals surface area contributed by atoms with Crippen molar-refractivity contribution in [2.45, 2.75) is 47.1 Å². The smallest absolute Gasteiger partial charge is 0.166 e. The zero-order valence-corrected chi connectivity index (χ0v) is 10.1. The van der Waals surface area contributed by atoms with E-state index < -0.39 is 0 Å². The Kier molecular flexibility index (Phi) is 3.66. The zero-order valence-electron chi connectivity index (χ0n) is 10.1. The molecule has 0 radical (unpaired) electrons. The molecule has 15 heavy (non-hydrogen) atoms. The van der Waals surface area contributed by atoms with Crippen molar-refractivity contribution in [3.05, 3.63) is 18.0 Å². The van der Waals surface area contributed by atoms with Gasteiger partial charge in [-0.1, -0.05) is 27.7 Å². The number of hydrogen-bond donors (Lipinski definition) is 0. The van der Waals surface area contributed by atoms with E-state index >= 15 is 0 Å². The molecule has 1 aromatic rings. The Morgan fingerprint density at radius 1 is 1.47 bits per heavy atom. The fourth-order valence-corrected chi connectivity index (χ4v) is 1.44. The van der Waals surface area contributed by atoms with Crippen molar-refractivity contribution in [3.8, 4) is 0 Å². The molecule has 0 aromatic carbocycles. The molecule has 0 N–H and O–H groups in total. The predicted molar refractivity (Wildman–Crippen MR) is 60.9 cm³/mol. The van der Waals surface area contributed by atoms with Gasteiger partial charge in [0.2, 0.25) is 0 Å². The average Bonchev–Trinajstić information content (AvgIpc) is 2.50. The predicted octanol–water partition coefficient (Wildman–Crippen LogP) is 2.91. The van der Waals surface area contributed by atoms with Crippen molar-refractivity contribution < 1.29 is 4.79 Å². The zero-order chi connectivity index (χ0) is 11.5. The van der Waals surface area contributed by atoms with Gasteiger partial charge in [0.15, 0.2) is 5.78 Å². The van der Waals surface area contributed by atoms with Crippen LogP contribution in [-0.4, -0.2) is 15.6 Å². The normalized spacial score (nSPS) is 11.7. The summed E-state index contributed by atoms with van der Waals surface area (Å²) in [7, 11) is 0. The fourth-order valence-electron chi connectivity index (χ4n) is 1.44. The first-order valence-corrected chi connectivity index (χ1v) is 5.48. The number of nitrogens with zero attached hydrogens (tertiary/aromatic N) is 2. The summed E-state index contributed by atoms with van der Waals surface area (Å²) in [6, 6.07) is 0. The van der Waals surface area contributed by atoms with Gasteiger partial charge < -0.3 is 0 Å². The molecule has 0 spiro atoms. The molecule has 0 aliphatic carbocycles. The van der Waals surface area contributed by atoms with Crippen molar-refractivity contribution in [2.24, 2.45) is 5.41 Å². The summed E-state index contributed by atoms with van der Waals surface area (Å²) in [5.74, 6) is 0.185. The molecule has 84 valence electrons. The van der Waals surface area contributed by atoms with Gasteiger partial charge in [-0.3, -0.25) is 9.48 Å². The minimum atomic E-state index is 0.0456. The summed E-state index contributed by atoms with van der Waals surface area (Å²) in [6.45, 7) is 9.19. The third-order valence-electron chi connectivity index (χ3n) is 2.10. The van der Waals surface area contributed by atoms with Gasteiger partial charge in [-0.25, -0.2) is 0 Å². The maximum atomic E-state index is 11.8. The molecule has 3 nitrogen and oxygen atoms in total. The van der Waals surface area contributed by atoms with Gasteiger partial charge in [-0.15, -0.1) is 0 Å². The molecule has 0 atom stereocenters. The fraction of sp³-hybridized carbons (Fsp3) is 0.667. The summed E-state index contributed by atoms with van der Waals surface area (Å²) in [5, 5.41) is 4.15. The number of ketones is 1. The monoisotopic (exact) mass is 208 g/mol. The van der Waals surface area contributed by atoms with E-state index in [0.29, 0.717) is 6.42 Å². The third kappa shape index (κ3) is 3.86. The van der Waals surface area contributed by atoms with Crippen LogP contribution >= 0.6 is 0 Å². The minimum absolute atomic E-state index is 0.0456. The van der Waals surface area contributed by atoms with Gasteiger partial charge >= 0.3 is 0 Å². The molecule has 0 saturated carbocycles. The van der Waals surface area contributed by atoms with Gasteiger partial charge in [0.05, 0.1) is 11.8 Å². The van der Waals surface area contributed by atoms with Gasteiger partial charge in [-0.2, -0.15) is 5.10 Å². The van der Waals surface area contributed by atoms with E-state index in [1.54, 1.807) is 6.20 Å². The Hall–Kier alpha value is -1.12. The molecule has 0 aliphatic rings. The van der Waals surface area contributed by atoms with Crippen molar-refractivity contribution in [1.82, 2.24) is 9.78 Å². The SMILES string of the molecule is CCCn1cc(C(=O)CC(C)(C)C)cn1. The highest BCUT2D eigenvalue weighted by atomic mass is 16.1. The largest absolute Gasteiger partial charge is 0.294 e. The molecular formula is C12H20N2O. The number of Topliss-reactive ketones (excluding diaryl/α,β-unsaturated/α-hetero) is 1. The number of aryl methyl sites for hydroxylation is 1. The summed E-state index contributed by atoms with van der Waals surface area (Å²) in [6.07, 6.45) is 5.13. The Morgan fingerprint density at radius 2 is 2.13 bits per heavy atom. The lowest BCUT2D eigenvalue weighted by Gasteiger charge is -2.15. The number of carbonyl (C=O) groups is 1. The molecule has 0 bridgehead atoms. The lowest BCUT2D eigenvalue weighted by molar-refractivity contribution is 0.0940. The van der Waals surface area contributed by atoms with Crippen LogP contribution in [0.4, 0.5) is 0 Å². The molecule has 0 saturated heterocycles. The van der Waals surface area contributed by atoms with Crippen LogP contribution in [-0.2, 0) is 6.54 Å². The average molecular weight is 208 g/mol. The quantitative estimate of drug-likeness (QED) is 0.713. The van der Waals surface area contributed by atoms with Crippen LogP contribution in [0.5, 0.6) is 0 Å². The van der Waals surface area contributed by atoms with Crippen molar-refractivity contribution in [2.75, 3.05) is 0 Å². The van der Waals surface area contributed by atoms with Crippen molar-refractivity contribution in [1.29, 1.82) is 0 Å². The standard InChI is InChI=1S/C12H20N2O/c1-5-6-14-9-10(8-13-14)11(15)7-12(2,3)4/h8-9H,5-7H2,1-4H3. The topological polar surface area (TPSA) is 34.9 Å². The van der Waals surface area contributed by atoms with E-state index in [9.17, 15) is 4.79 Å². The highest BCUT2D eigenvalue weighted by Gasteiger charge is 2.18. The van der Waals surface area contributed by atoms with Crippen LogP contribution in [0.3, 0.4) is 0 Å². The lowest BCUT2D eigenvalue weighted by atomic mass is 9.88. The van der Waals surface area contributed by atoms with Gasteiger partial charge in [-0.05, 0) is 11.8 Å². The second-order valence-corrected chi connectivity index (χ2v) is 5.15. The molecule has 1 aromatic heterocycles. The van der Waals surface area contributed by atoms with E-state index in [2.05, 4.69) is 32.8 Å². The van der Waals surface area contributed by atoms with Gasteiger partial charge in [0.1, 0.15) is 0 Å². The number of carbonyl (C=O) groups excluding carboxylic acids is 1. The van der Waals surface area contributed by atoms with Crippen LogP contribution < -0.4 is 0 Å². The molecule has 1 rings (SSSR count). The molecule has 0 aliphatic heterocycles. The second kappa shape index (κ2) is 4.60. The number of aromatic nitrogens is 2. The number of hydrogen-bond acceptors (Lipinski definition) is 2.